The number of hydrogen-bond acceptors (Lipinski definition) is 5. The van der Waals surface area contributed by atoms with E-state index in [-0.39, 0.29) is 0 Å². The lowest BCUT2D eigenvalue weighted by Crippen LogP contribution is -2.33. The molecule has 0 spiro atoms. The highest BCUT2D eigenvalue weighted by Crippen LogP contribution is 2.56. The SMILES string of the molecule is COc1cccc2c1N(C)C(P(=O)(OC)OC)C=C2. The first-order valence-corrected chi connectivity index (χ1v) is 7.48. The normalized spacial score (nSPS) is 18.3. The lowest BCUT2D eigenvalue weighted by atomic mass is 10.1. The molecule has 0 bridgehead atoms. The molecule has 1 heterocycles. The van der Waals surface area contributed by atoms with Gasteiger partial charge in [0, 0.05) is 26.8 Å². The van der Waals surface area contributed by atoms with Gasteiger partial charge in [-0.3, -0.25) is 4.57 Å². The summed E-state index contributed by atoms with van der Waals surface area (Å²) in [6.45, 7) is 0. The van der Waals surface area contributed by atoms with E-state index in [4.69, 9.17) is 13.8 Å². The number of ether oxygens (including phenoxy) is 1. The molecule has 1 aliphatic heterocycles. The Kier molecular flexibility index (Phi) is 3.99. The fourth-order valence-corrected chi connectivity index (χ4v) is 3.69. The van der Waals surface area contributed by atoms with Crippen molar-refractivity contribution in [1.82, 2.24) is 0 Å². The third-order valence-electron chi connectivity index (χ3n) is 3.28. The predicted octanol–water partition coefficient (Wildman–Crippen LogP) is 2.97. The lowest BCUT2D eigenvalue weighted by Gasteiger charge is -2.35. The monoisotopic (exact) mass is 283 g/mol. The van der Waals surface area contributed by atoms with Crippen molar-refractivity contribution >= 4 is 19.4 Å². The summed E-state index contributed by atoms with van der Waals surface area (Å²) in [4.78, 5) is 1.86. The molecule has 0 radical (unpaired) electrons. The molecular weight excluding hydrogens is 265 g/mol. The van der Waals surface area contributed by atoms with Gasteiger partial charge >= 0.3 is 7.60 Å². The molecule has 0 aliphatic carbocycles. The molecule has 1 aromatic rings. The van der Waals surface area contributed by atoms with Gasteiger partial charge in [0.2, 0.25) is 0 Å². The smallest absolute Gasteiger partial charge is 0.356 e. The van der Waals surface area contributed by atoms with Crippen molar-refractivity contribution < 1.29 is 18.3 Å². The quantitative estimate of drug-likeness (QED) is 0.795. The van der Waals surface area contributed by atoms with Crippen LogP contribution in [0.3, 0.4) is 0 Å². The van der Waals surface area contributed by atoms with Gasteiger partial charge in [-0.15, -0.1) is 0 Å². The van der Waals surface area contributed by atoms with Crippen molar-refractivity contribution in [2.45, 2.75) is 5.78 Å². The molecular formula is C13H18NO4P. The van der Waals surface area contributed by atoms with E-state index < -0.39 is 13.4 Å². The number of anilines is 1. The predicted molar refractivity (Wildman–Crippen MR) is 75.8 cm³/mol. The molecule has 6 heteroatoms. The standard InChI is InChI=1S/C13H18NO4P/c1-14-12(19(15,17-3)18-4)9-8-10-6-5-7-11(16-2)13(10)14/h5-9,12H,1-4H3. The van der Waals surface area contributed by atoms with Gasteiger partial charge in [-0.25, -0.2) is 0 Å². The van der Waals surface area contributed by atoms with E-state index in [2.05, 4.69) is 0 Å². The summed E-state index contributed by atoms with van der Waals surface area (Å²) in [6, 6.07) is 5.77. The van der Waals surface area contributed by atoms with Crippen LogP contribution in [0.15, 0.2) is 24.3 Å². The molecule has 1 atom stereocenters. The first-order chi connectivity index (χ1) is 9.07. The van der Waals surface area contributed by atoms with E-state index in [0.717, 1.165) is 17.0 Å². The Morgan fingerprint density at radius 1 is 1.21 bits per heavy atom. The third-order valence-corrected chi connectivity index (χ3v) is 5.46. The number of likely N-dealkylation sites (N-methyl/N-ethyl adjacent to an activating group) is 1. The molecule has 1 aromatic carbocycles. The first kappa shape index (κ1) is 14.1. The highest BCUT2D eigenvalue weighted by atomic mass is 31.2. The Morgan fingerprint density at radius 2 is 1.89 bits per heavy atom. The van der Waals surface area contributed by atoms with Crippen molar-refractivity contribution in [3.8, 4) is 5.75 Å². The van der Waals surface area contributed by atoms with Crippen LogP contribution in [-0.2, 0) is 13.6 Å². The van der Waals surface area contributed by atoms with Crippen molar-refractivity contribution in [2.75, 3.05) is 33.3 Å². The van der Waals surface area contributed by atoms with Gasteiger partial charge < -0.3 is 18.7 Å². The summed E-state index contributed by atoms with van der Waals surface area (Å²) in [5.74, 6) is 0.263. The van der Waals surface area contributed by atoms with Crippen molar-refractivity contribution in [1.29, 1.82) is 0 Å². The zero-order chi connectivity index (χ0) is 14.0. The number of hydrogen-bond donors (Lipinski definition) is 0. The Labute approximate surface area is 113 Å². The molecule has 0 fully saturated rings. The fraction of sp³-hybridized carbons (Fsp3) is 0.385. The zero-order valence-electron chi connectivity index (χ0n) is 11.5. The molecule has 1 aliphatic rings. The summed E-state index contributed by atoms with van der Waals surface area (Å²) in [6.07, 6.45) is 3.74. The minimum atomic E-state index is -3.22. The average molecular weight is 283 g/mol. The fourth-order valence-electron chi connectivity index (χ4n) is 2.28. The van der Waals surface area contributed by atoms with E-state index in [0.29, 0.717) is 0 Å². The van der Waals surface area contributed by atoms with Crippen molar-refractivity contribution in [3.63, 3.8) is 0 Å². The Morgan fingerprint density at radius 3 is 2.47 bits per heavy atom. The van der Waals surface area contributed by atoms with Gasteiger partial charge in [0.25, 0.3) is 0 Å². The van der Waals surface area contributed by atoms with Crippen LogP contribution in [0.1, 0.15) is 5.56 Å². The number of fused-ring (bicyclic) bond motifs is 1. The molecule has 0 N–H and O–H groups in total. The highest BCUT2D eigenvalue weighted by Gasteiger charge is 2.38. The molecule has 5 nitrogen and oxygen atoms in total. The van der Waals surface area contributed by atoms with Crippen LogP contribution in [0.4, 0.5) is 5.69 Å². The Hall–Kier alpha value is -1.29. The average Bonchev–Trinajstić information content (AvgIpc) is 2.46. The minimum Gasteiger partial charge on any atom is -0.495 e. The van der Waals surface area contributed by atoms with Gasteiger partial charge in [-0.05, 0) is 12.1 Å². The summed E-state index contributed by atoms with van der Waals surface area (Å²) in [7, 11) is 3.03. The molecule has 0 saturated carbocycles. The second kappa shape index (κ2) is 5.37. The number of nitrogens with zero attached hydrogens (tertiary/aromatic N) is 1. The maximum atomic E-state index is 12.5. The third kappa shape index (κ3) is 2.29. The van der Waals surface area contributed by atoms with Crippen LogP contribution in [0.25, 0.3) is 6.08 Å². The lowest BCUT2D eigenvalue weighted by molar-refractivity contribution is 0.269. The van der Waals surface area contributed by atoms with Crippen molar-refractivity contribution in [2.24, 2.45) is 0 Å². The van der Waals surface area contributed by atoms with Crippen LogP contribution in [0.5, 0.6) is 5.75 Å². The first-order valence-electron chi connectivity index (χ1n) is 5.86. The molecule has 2 rings (SSSR count). The summed E-state index contributed by atoms with van der Waals surface area (Å²) in [5, 5.41) is 0. The molecule has 0 aromatic heterocycles. The molecule has 104 valence electrons. The van der Waals surface area contributed by atoms with E-state index in [1.807, 2.05) is 42.3 Å². The van der Waals surface area contributed by atoms with E-state index in [1.54, 1.807) is 7.11 Å². The van der Waals surface area contributed by atoms with Gasteiger partial charge in [0.1, 0.15) is 5.75 Å². The zero-order valence-corrected chi connectivity index (χ0v) is 12.4. The van der Waals surface area contributed by atoms with E-state index in [9.17, 15) is 4.57 Å². The van der Waals surface area contributed by atoms with E-state index in [1.165, 1.54) is 14.2 Å². The van der Waals surface area contributed by atoms with Crippen LogP contribution >= 0.6 is 7.60 Å². The maximum Gasteiger partial charge on any atom is 0.356 e. The molecule has 19 heavy (non-hydrogen) atoms. The maximum absolute atomic E-state index is 12.5. The van der Waals surface area contributed by atoms with Gasteiger partial charge in [0.05, 0.1) is 12.8 Å². The van der Waals surface area contributed by atoms with Gasteiger partial charge in [-0.2, -0.15) is 0 Å². The highest BCUT2D eigenvalue weighted by molar-refractivity contribution is 7.55. The Bertz CT molecular complexity index is 535. The topological polar surface area (TPSA) is 48.0 Å². The van der Waals surface area contributed by atoms with Crippen LogP contribution in [0, 0.1) is 0 Å². The van der Waals surface area contributed by atoms with E-state index >= 15 is 0 Å². The number of benzene rings is 1. The summed E-state index contributed by atoms with van der Waals surface area (Å²) in [5.41, 5.74) is 1.89. The largest absolute Gasteiger partial charge is 0.495 e. The van der Waals surface area contributed by atoms with Crippen molar-refractivity contribution in [3.05, 3.63) is 29.8 Å². The summed E-state index contributed by atoms with van der Waals surface area (Å²) < 4.78 is 28.1. The summed E-state index contributed by atoms with van der Waals surface area (Å²) >= 11 is 0. The minimum absolute atomic E-state index is 0.466. The Balaban J connectivity index is 2.50. The molecule has 1 unspecified atom stereocenters. The molecule has 0 saturated heterocycles. The van der Waals surface area contributed by atoms with Gasteiger partial charge in [-0.1, -0.05) is 18.2 Å². The van der Waals surface area contributed by atoms with Crippen LogP contribution in [-0.4, -0.2) is 34.2 Å². The second-order valence-electron chi connectivity index (χ2n) is 4.19. The number of rotatable bonds is 4. The molecule has 0 amide bonds. The second-order valence-corrected chi connectivity index (χ2v) is 6.53. The van der Waals surface area contributed by atoms with Gasteiger partial charge in [0.15, 0.2) is 5.78 Å². The van der Waals surface area contributed by atoms with Crippen LogP contribution < -0.4 is 9.64 Å². The number of para-hydroxylation sites is 1. The van der Waals surface area contributed by atoms with Crippen LogP contribution in [0.2, 0.25) is 0 Å². The number of methoxy groups -OCH3 is 1.